The molecule has 17 heavy (non-hydrogen) atoms. The van der Waals surface area contributed by atoms with E-state index in [-0.39, 0.29) is 24.4 Å². The number of nitrogens with two attached hydrogens (primary N) is 1. The molecule has 0 aliphatic carbocycles. The molecule has 1 aliphatic rings. The number of carbonyl (C=O) groups excluding carboxylic acids is 1. The smallest absolute Gasteiger partial charge is 0.263 e. The third-order valence-electron chi connectivity index (χ3n) is 3.04. The van der Waals surface area contributed by atoms with E-state index in [0.29, 0.717) is 5.92 Å². The van der Waals surface area contributed by atoms with Crippen LogP contribution in [0.2, 0.25) is 0 Å². The number of hydrogen-bond acceptors (Lipinski definition) is 3. The minimum absolute atomic E-state index is 0. The molecule has 6 heteroatoms. The van der Waals surface area contributed by atoms with Crippen LogP contribution >= 0.6 is 39.7 Å². The molecule has 2 unspecified atom stereocenters. The van der Waals surface area contributed by atoms with Crippen LogP contribution in [-0.2, 0) is 0 Å². The maximum atomic E-state index is 12.1. The Morgan fingerprint density at radius 1 is 1.59 bits per heavy atom. The molecule has 1 saturated heterocycles. The standard InChI is InChI=1S/C11H15BrN2OS.ClH/c1-7-6-14(5-4-8(7)13)11(15)9-2-3-10(12)16-9;/h2-3,7-8H,4-6,13H2,1H3;1H. The zero-order valence-corrected chi connectivity index (χ0v) is 12.8. The quantitative estimate of drug-likeness (QED) is 0.855. The van der Waals surface area contributed by atoms with Crippen LogP contribution in [0.4, 0.5) is 0 Å². The van der Waals surface area contributed by atoms with Crippen molar-refractivity contribution in [2.24, 2.45) is 11.7 Å². The Labute approximate surface area is 120 Å². The highest BCUT2D eigenvalue weighted by molar-refractivity contribution is 9.11. The molecule has 0 saturated carbocycles. The molecule has 0 aromatic carbocycles. The monoisotopic (exact) mass is 338 g/mol. The minimum Gasteiger partial charge on any atom is -0.338 e. The molecule has 1 aromatic rings. The van der Waals surface area contributed by atoms with Gasteiger partial charge in [-0.1, -0.05) is 6.92 Å². The number of thiophene rings is 1. The second kappa shape index (κ2) is 6.18. The summed E-state index contributed by atoms with van der Waals surface area (Å²) in [7, 11) is 0. The van der Waals surface area contributed by atoms with Crippen LogP contribution < -0.4 is 5.73 Å². The molecule has 0 bridgehead atoms. The van der Waals surface area contributed by atoms with Gasteiger partial charge in [0.2, 0.25) is 0 Å². The van der Waals surface area contributed by atoms with Gasteiger partial charge in [-0.15, -0.1) is 23.7 Å². The van der Waals surface area contributed by atoms with Gasteiger partial charge in [0.1, 0.15) is 0 Å². The lowest BCUT2D eigenvalue weighted by Gasteiger charge is -2.34. The molecular formula is C11H16BrClN2OS. The van der Waals surface area contributed by atoms with Crippen molar-refractivity contribution in [1.82, 2.24) is 4.90 Å². The second-order valence-electron chi connectivity index (χ2n) is 4.28. The van der Waals surface area contributed by atoms with Crippen molar-refractivity contribution in [2.75, 3.05) is 13.1 Å². The normalized spacial score (nSPS) is 24.3. The maximum absolute atomic E-state index is 12.1. The fourth-order valence-corrected chi connectivity index (χ4v) is 3.29. The van der Waals surface area contributed by atoms with Gasteiger partial charge in [0.25, 0.3) is 5.91 Å². The summed E-state index contributed by atoms with van der Waals surface area (Å²) in [6.45, 7) is 3.66. The third kappa shape index (κ3) is 3.44. The van der Waals surface area contributed by atoms with E-state index >= 15 is 0 Å². The van der Waals surface area contributed by atoms with E-state index in [4.69, 9.17) is 5.73 Å². The number of carbonyl (C=O) groups is 1. The lowest BCUT2D eigenvalue weighted by Crippen LogP contribution is -2.48. The lowest BCUT2D eigenvalue weighted by atomic mass is 9.95. The summed E-state index contributed by atoms with van der Waals surface area (Å²) >= 11 is 4.86. The Balaban J connectivity index is 0.00000144. The summed E-state index contributed by atoms with van der Waals surface area (Å²) in [5.41, 5.74) is 5.94. The van der Waals surface area contributed by atoms with Crippen LogP contribution in [0, 0.1) is 5.92 Å². The summed E-state index contributed by atoms with van der Waals surface area (Å²) in [5.74, 6) is 0.524. The van der Waals surface area contributed by atoms with Crippen LogP contribution in [-0.4, -0.2) is 29.9 Å². The second-order valence-corrected chi connectivity index (χ2v) is 6.75. The first kappa shape index (κ1) is 15.0. The Morgan fingerprint density at radius 2 is 2.29 bits per heavy atom. The molecule has 1 aromatic heterocycles. The van der Waals surface area contributed by atoms with Crippen molar-refractivity contribution >= 4 is 45.6 Å². The number of likely N-dealkylation sites (tertiary alicyclic amines) is 1. The molecule has 1 fully saturated rings. The highest BCUT2D eigenvalue weighted by atomic mass is 79.9. The Morgan fingerprint density at radius 3 is 2.82 bits per heavy atom. The van der Waals surface area contributed by atoms with Gasteiger partial charge in [-0.3, -0.25) is 4.79 Å². The van der Waals surface area contributed by atoms with E-state index in [1.165, 1.54) is 11.3 Å². The third-order valence-corrected chi connectivity index (χ3v) is 4.65. The van der Waals surface area contributed by atoms with Crippen molar-refractivity contribution < 1.29 is 4.79 Å². The highest BCUT2D eigenvalue weighted by Gasteiger charge is 2.27. The number of nitrogens with zero attached hydrogens (tertiary/aromatic N) is 1. The summed E-state index contributed by atoms with van der Waals surface area (Å²) in [6.07, 6.45) is 0.902. The Hall–Kier alpha value is -0.100. The van der Waals surface area contributed by atoms with E-state index in [1.54, 1.807) is 0 Å². The van der Waals surface area contributed by atoms with E-state index in [1.807, 2.05) is 17.0 Å². The number of hydrogen-bond donors (Lipinski definition) is 1. The molecule has 0 radical (unpaired) electrons. The van der Waals surface area contributed by atoms with E-state index in [9.17, 15) is 4.79 Å². The first-order chi connectivity index (χ1) is 7.58. The largest absolute Gasteiger partial charge is 0.338 e. The van der Waals surface area contributed by atoms with Gasteiger partial charge in [-0.2, -0.15) is 0 Å². The zero-order valence-electron chi connectivity index (χ0n) is 9.56. The van der Waals surface area contributed by atoms with Crippen molar-refractivity contribution in [3.8, 4) is 0 Å². The average Bonchev–Trinajstić information content (AvgIpc) is 2.68. The number of piperidine rings is 1. The van der Waals surface area contributed by atoms with Crippen LogP contribution in [0.15, 0.2) is 15.9 Å². The van der Waals surface area contributed by atoms with Gasteiger partial charge in [0.05, 0.1) is 8.66 Å². The summed E-state index contributed by atoms with van der Waals surface area (Å²) in [5, 5.41) is 0. The van der Waals surface area contributed by atoms with Crippen molar-refractivity contribution in [1.29, 1.82) is 0 Å². The average molecular weight is 340 g/mol. The molecule has 3 nitrogen and oxygen atoms in total. The highest BCUT2D eigenvalue weighted by Crippen LogP contribution is 2.25. The van der Waals surface area contributed by atoms with Crippen LogP contribution in [0.1, 0.15) is 23.0 Å². The Kier molecular flexibility index (Phi) is 5.44. The molecule has 96 valence electrons. The topological polar surface area (TPSA) is 46.3 Å². The molecular weight excluding hydrogens is 324 g/mol. The summed E-state index contributed by atoms with van der Waals surface area (Å²) in [6, 6.07) is 4.02. The molecule has 1 amide bonds. The number of rotatable bonds is 1. The first-order valence-corrected chi connectivity index (χ1v) is 6.99. The fourth-order valence-electron chi connectivity index (χ4n) is 1.93. The first-order valence-electron chi connectivity index (χ1n) is 5.38. The summed E-state index contributed by atoms with van der Waals surface area (Å²) < 4.78 is 0.998. The predicted molar refractivity (Wildman–Crippen MR) is 76.9 cm³/mol. The predicted octanol–water partition coefficient (Wildman–Crippen LogP) is 2.74. The molecule has 2 atom stereocenters. The van der Waals surface area contributed by atoms with Crippen LogP contribution in [0.5, 0.6) is 0 Å². The van der Waals surface area contributed by atoms with Crippen LogP contribution in [0.3, 0.4) is 0 Å². The molecule has 2 heterocycles. The number of amides is 1. The van der Waals surface area contributed by atoms with Crippen molar-refractivity contribution in [2.45, 2.75) is 19.4 Å². The van der Waals surface area contributed by atoms with Crippen molar-refractivity contribution in [3.63, 3.8) is 0 Å². The molecule has 1 aliphatic heterocycles. The van der Waals surface area contributed by atoms with E-state index < -0.39 is 0 Å². The van der Waals surface area contributed by atoms with Gasteiger partial charge in [0.15, 0.2) is 0 Å². The van der Waals surface area contributed by atoms with E-state index in [2.05, 4.69) is 22.9 Å². The number of halogens is 2. The molecule has 0 spiro atoms. The van der Waals surface area contributed by atoms with Gasteiger partial charge in [0, 0.05) is 19.1 Å². The van der Waals surface area contributed by atoms with E-state index in [0.717, 1.165) is 28.2 Å². The van der Waals surface area contributed by atoms with Gasteiger partial charge in [-0.05, 0) is 40.4 Å². The molecule has 2 rings (SSSR count). The van der Waals surface area contributed by atoms with Gasteiger partial charge < -0.3 is 10.6 Å². The minimum atomic E-state index is 0. The van der Waals surface area contributed by atoms with Gasteiger partial charge >= 0.3 is 0 Å². The van der Waals surface area contributed by atoms with Crippen LogP contribution in [0.25, 0.3) is 0 Å². The Bertz CT molecular complexity index is 399. The molecule has 2 N–H and O–H groups in total. The SMILES string of the molecule is CC1CN(C(=O)c2ccc(Br)s2)CCC1N.Cl. The van der Waals surface area contributed by atoms with Gasteiger partial charge in [-0.25, -0.2) is 0 Å². The zero-order chi connectivity index (χ0) is 11.7. The summed E-state index contributed by atoms with van der Waals surface area (Å²) in [4.78, 5) is 14.8. The maximum Gasteiger partial charge on any atom is 0.263 e. The lowest BCUT2D eigenvalue weighted by molar-refractivity contribution is 0.0669. The fraction of sp³-hybridized carbons (Fsp3) is 0.545. The van der Waals surface area contributed by atoms with Crippen molar-refractivity contribution in [3.05, 3.63) is 20.8 Å².